The Labute approximate surface area is 104 Å². The summed E-state index contributed by atoms with van der Waals surface area (Å²) >= 11 is 0. The van der Waals surface area contributed by atoms with E-state index < -0.39 is 5.91 Å². The van der Waals surface area contributed by atoms with Gasteiger partial charge in [0.1, 0.15) is 5.69 Å². The molecule has 2 N–H and O–H groups in total. The lowest BCUT2D eigenvalue weighted by Crippen LogP contribution is -2.11. The summed E-state index contributed by atoms with van der Waals surface area (Å²) in [6.07, 6.45) is 3.26. The van der Waals surface area contributed by atoms with Crippen molar-refractivity contribution < 1.29 is 9.53 Å². The Hall–Kier alpha value is -2.21. The Kier molecular flexibility index (Phi) is 3.69. The minimum atomic E-state index is -0.515. The second kappa shape index (κ2) is 5.42. The second-order valence-corrected chi connectivity index (χ2v) is 3.73. The normalized spacial score (nSPS) is 10.5. The van der Waals surface area contributed by atoms with Crippen LogP contribution in [-0.4, -0.2) is 34.4 Å². The first-order valence-corrected chi connectivity index (χ1v) is 5.50. The number of methoxy groups -OCH3 is 1. The summed E-state index contributed by atoms with van der Waals surface area (Å²) in [4.78, 5) is 15.6. The number of amides is 1. The highest BCUT2D eigenvalue weighted by atomic mass is 16.5. The van der Waals surface area contributed by atoms with Gasteiger partial charge in [0.2, 0.25) is 0 Å². The smallest absolute Gasteiger partial charge is 0.252 e. The summed E-state index contributed by atoms with van der Waals surface area (Å²) in [5.41, 5.74) is 6.83. The maximum atomic E-state index is 11.4. The van der Waals surface area contributed by atoms with Crippen LogP contribution in [0.1, 0.15) is 10.4 Å². The van der Waals surface area contributed by atoms with Gasteiger partial charge in [-0.1, -0.05) is 6.07 Å². The van der Waals surface area contributed by atoms with Crippen LogP contribution in [0.25, 0.3) is 11.4 Å². The van der Waals surface area contributed by atoms with E-state index in [1.807, 2.05) is 6.07 Å². The largest absolute Gasteiger partial charge is 0.383 e. The van der Waals surface area contributed by atoms with Crippen molar-refractivity contribution in [2.75, 3.05) is 13.7 Å². The molecule has 2 aromatic heterocycles. The molecule has 2 rings (SSSR count). The molecule has 0 fully saturated rings. The molecule has 0 aliphatic rings. The lowest BCUT2D eigenvalue weighted by Gasteiger charge is -1.99. The average Bonchev–Trinajstić information content (AvgIpc) is 2.82. The minimum absolute atomic E-state index is 0.366. The van der Waals surface area contributed by atoms with Crippen molar-refractivity contribution in [1.29, 1.82) is 0 Å². The Morgan fingerprint density at radius 3 is 2.94 bits per heavy atom. The zero-order valence-electron chi connectivity index (χ0n) is 10.0. The average molecular weight is 246 g/mol. The minimum Gasteiger partial charge on any atom is -0.383 e. The maximum Gasteiger partial charge on any atom is 0.252 e. The van der Waals surface area contributed by atoms with Crippen LogP contribution in [0.4, 0.5) is 0 Å². The van der Waals surface area contributed by atoms with Gasteiger partial charge in [-0.2, -0.15) is 5.10 Å². The zero-order valence-corrected chi connectivity index (χ0v) is 10.0. The topological polar surface area (TPSA) is 83.0 Å². The number of hydrogen-bond donors (Lipinski definition) is 1. The van der Waals surface area contributed by atoms with Gasteiger partial charge < -0.3 is 10.5 Å². The fourth-order valence-electron chi connectivity index (χ4n) is 1.59. The van der Waals surface area contributed by atoms with Gasteiger partial charge in [0, 0.05) is 19.5 Å². The summed E-state index contributed by atoms with van der Waals surface area (Å²) in [5, 5.41) is 4.31. The third-order valence-electron chi connectivity index (χ3n) is 2.46. The predicted octanol–water partition coefficient (Wildman–Crippen LogP) is 0.690. The Morgan fingerprint density at radius 2 is 2.33 bits per heavy atom. The van der Waals surface area contributed by atoms with Crippen molar-refractivity contribution in [3.05, 3.63) is 36.2 Å². The van der Waals surface area contributed by atoms with Gasteiger partial charge in [0.25, 0.3) is 5.91 Å². The quantitative estimate of drug-likeness (QED) is 0.841. The van der Waals surface area contributed by atoms with Gasteiger partial charge in [0.05, 0.1) is 24.4 Å². The van der Waals surface area contributed by atoms with Crippen LogP contribution in [0, 0.1) is 0 Å². The third-order valence-corrected chi connectivity index (χ3v) is 2.46. The van der Waals surface area contributed by atoms with E-state index in [-0.39, 0.29) is 0 Å². The number of carbonyl (C=O) groups is 1. The molecule has 0 aromatic carbocycles. The number of carbonyl (C=O) groups excluding carboxylic acids is 1. The number of ether oxygens (including phenoxy) is 1. The number of primary amides is 1. The first-order valence-electron chi connectivity index (χ1n) is 5.50. The predicted molar refractivity (Wildman–Crippen MR) is 65.9 cm³/mol. The van der Waals surface area contributed by atoms with Crippen LogP contribution in [0.15, 0.2) is 30.6 Å². The molecule has 6 nitrogen and oxygen atoms in total. The van der Waals surface area contributed by atoms with Crippen molar-refractivity contribution in [3.63, 3.8) is 0 Å². The highest BCUT2D eigenvalue weighted by Gasteiger charge is 2.16. The number of hydrogen-bond acceptors (Lipinski definition) is 4. The summed E-state index contributed by atoms with van der Waals surface area (Å²) in [6.45, 7) is 1.07. The molecule has 0 saturated carbocycles. The highest BCUT2D eigenvalue weighted by molar-refractivity contribution is 5.98. The molecule has 1 amide bonds. The van der Waals surface area contributed by atoms with Gasteiger partial charge in [-0.05, 0) is 12.1 Å². The fraction of sp³-hybridized carbons (Fsp3) is 0.250. The van der Waals surface area contributed by atoms with E-state index in [2.05, 4.69) is 10.1 Å². The van der Waals surface area contributed by atoms with Crippen LogP contribution >= 0.6 is 0 Å². The molecule has 0 aliphatic carbocycles. The molecule has 6 heteroatoms. The molecule has 0 spiro atoms. The maximum absolute atomic E-state index is 11.4. The lowest BCUT2D eigenvalue weighted by molar-refractivity contribution is 0.100. The molecule has 94 valence electrons. The monoisotopic (exact) mass is 246 g/mol. The van der Waals surface area contributed by atoms with E-state index in [0.717, 1.165) is 0 Å². The molecular weight excluding hydrogens is 232 g/mol. The van der Waals surface area contributed by atoms with Crippen LogP contribution < -0.4 is 5.73 Å². The van der Waals surface area contributed by atoms with Gasteiger partial charge >= 0.3 is 0 Å². The van der Waals surface area contributed by atoms with Crippen molar-refractivity contribution in [2.45, 2.75) is 6.54 Å². The van der Waals surface area contributed by atoms with Crippen molar-refractivity contribution in [3.8, 4) is 11.4 Å². The molecule has 0 aliphatic heterocycles. The van der Waals surface area contributed by atoms with E-state index in [1.54, 1.807) is 36.3 Å². The van der Waals surface area contributed by atoms with E-state index >= 15 is 0 Å². The number of nitrogens with two attached hydrogens (primary N) is 1. The van der Waals surface area contributed by atoms with E-state index in [9.17, 15) is 4.79 Å². The first-order chi connectivity index (χ1) is 8.72. The standard InChI is InChI=1S/C12H14N4O2/c1-18-7-6-16-8-9(12(13)17)11(15-16)10-4-2-3-5-14-10/h2-5,8H,6-7H2,1H3,(H2,13,17). The van der Waals surface area contributed by atoms with Gasteiger partial charge in [-0.15, -0.1) is 0 Å². The number of nitrogens with zero attached hydrogens (tertiary/aromatic N) is 3. The molecule has 18 heavy (non-hydrogen) atoms. The molecule has 2 aromatic rings. The van der Waals surface area contributed by atoms with Gasteiger partial charge in [0.15, 0.2) is 0 Å². The number of aromatic nitrogens is 3. The van der Waals surface area contributed by atoms with E-state index in [4.69, 9.17) is 10.5 Å². The zero-order chi connectivity index (χ0) is 13.0. The van der Waals surface area contributed by atoms with Crippen molar-refractivity contribution in [1.82, 2.24) is 14.8 Å². The molecule has 2 heterocycles. The molecule has 0 unspecified atom stereocenters. The SMILES string of the molecule is COCCn1cc(C(N)=O)c(-c2ccccn2)n1. The van der Waals surface area contributed by atoms with E-state index in [1.165, 1.54) is 0 Å². The first kappa shape index (κ1) is 12.3. The summed E-state index contributed by atoms with van der Waals surface area (Å²) in [7, 11) is 1.61. The summed E-state index contributed by atoms with van der Waals surface area (Å²) < 4.78 is 6.60. The second-order valence-electron chi connectivity index (χ2n) is 3.73. The van der Waals surface area contributed by atoms with Gasteiger partial charge in [-0.25, -0.2) is 0 Å². The van der Waals surface area contributed by atoms with Crippen LogP contribution in [0.5, 0.6) is 0 Å². The fourth-order valence-corrected chi connectivity index (χ4v) is 1.59. The molecule has 0 radical (unpaired) electrons. The van der Waals surface area contributed by atoms with Crippen LogP contribution in [0.2, 0.25) is 0 Å². The molecule has 0 atom stereocenters. The van der Waals surface area contributed by atoms with E-state index in [0.29, 0.717) is 30.1 Å². The van der Waals surface area contributed by atoms with Crippen molar-refractivity contribution >= 4 is 5.91 Å². The molecule has 0 bridgehead atoms. The molecule has 0 saturated heterocycles. The third kappa shape index (κ3) is 2.54. The number of pyridine rings is 1. The number of rotatable bonds is 5. The lowest BCUT2D eigenvalue weighted by atomic mass is 10.2. The summed E-state index contributed by atoms with van der Waals surface area (Å²) in [5.74, 6) is -0.515. The van der Waals surface area contributed by atoms with Gasteiger partial charge in [-0.3, -0.25) is 14.5 Å². The Balaban J connectivity index is 2.39. The Morgan fingerprint density at radius 1 is 1.50 bits per heavy atom. The highest BCUT2D eigenvalue weighted by Crippen LogP contribution is 2.19. The molecular formula is C12H14N4O2. The Bertz CT molecular complexity index is 536. The van der Waals surface area contributed by atoms with Crippen molar-refractivity contribution in [2.24, 2.45) is 5.73 Å². The van der Waals surface area contributed by atoms with Crippen LogP contribution in [0.3, 0.4) is 0 Å². The summed E-state index contributed by atoms with van der Waals surface area (Å²) in [6, 6.07) is 5.42. The van der Waals surface area contributed by atoms with Crippen LogP contribution in [-0.2, 0) is 11.3 Å².